The molecule has 2 saturated heterocycles. The standard InChI is InChI=1S/C26H24F3N5O2S2/c27-26(28,29)22-5-4-20(37-22)19-14-17(6-10-30-19)3-1-2-16-8-12-34(13-9-16)24-31-11-7-18(32-24)15-21-23(35)33-25(36)38-21/h4-7,10-11,14-16H,1-3,8-9,12-13H2,(H,33,35,36)/b21-15-. The zero-order valence-corrected chi connectivity index (χ0v) is 21.8. The molecular weight excluding hydrogens is 535 g/mol. The highest BCUT2D eigenvalue weighted by molar-refractivity contribution is 8.18. The molecule has 2 aliphatic rings. The molecular formula is C26H24F3N5O2S2. The predicted molar refractivity (Wildman–Crippen MR) is 142 cm³/mol. The average Bonchev–Trinajstić information content (AvgIpc) is 3.52. The molecule has 0 bridgehead atoms. The van der Waals surface area contributed by atoms with E-state index in [-0.39, 0.29) is 5.24 Å². The number of alkyl halides is 3. The zero-order valence-electron chi connectivity index (χ0n) is 20.2. The van der Waals surface area contributed by atoms with Crippen LogP contribution in [0.2, 0.25) is 0 Å². The first-order valence-corrected chi connectivity index (χ1v) is 13.8. The summed E-state index contributed by atoms with van der Waals surface area (Å²) < 4.78 is 38.8. The number of rotatable bonds is 7. The summed E-state index contributed by atoms with van der Waals surface area (Å²) in [6.07, 6.45) is 5.51. The lowest BCUT2D eigenvalue weighted by Gasteiger charge is -2.32. The summed E-state index contributed by atoms with van der Waals surface area (Å²) in [7, 11) is 0. The molecule has 3 aromatic heterocycles. The second-order valence-electron chi connectivity index (χ2n) is 9.17. The van der Waals surface area contributed by atoms with Gasteiger partial charge in [-0.25, -0.2) is 9.97 Å². The third-order valence-corrected chi connectivity index (χ3v) is 8.49. The van der Waals surface area contributed by atoms with E-state index >= 15 is 0 Å². The quantitative estimate of drug-likeness (QED) is 0.346. The molecule has 5 heterocycles. The molecule has 2 amide bonds. The smallest absolute Gasteiger partial charge is 0.341 e. The number of hydrogen-bond donors (Lipinski definition) is 1. The van der Waals surface area contributed by atoms with Gasteiger partial charge in [-0.05, 0) is 91.8 Å². The van der Waals surface area contributed by atoms with E-state index in [9.17, 15) is 22.8 Å². The number of carbonyl (C=O) groups is 2. The predicted octanol–water partition coefficient (Wildman–Crippen LogP) is 6.18. The Morgan fingerprint density at radius 1 is 1.08 bits per heavy atom. The number of anilines is 1. The van der Waals surface area contributed by atoms with Crippen molar-refractivity contribution in [2.45, 2.75) is 38.3 Å². The maximum Gasteiger partial charge on any atom is 0.425 e. The largest absolute Gasteiger partial charge is 0.425 e. The van der Waals surface area contributed by atoms with E-state index in [4.69, 9.17) is 0 Å². The van der Waals surface area contributed by atoms with Gasteiger partial charge in [0.1, 0.15) is 4.88 Å². The Bertz CT molecular complexity index is 1370. The highest BCUT2D eigenvalue weighted by atomic mass is 32.2. The van der Waals surface area contributed by atoms with Crippen molar-refractivity contribution in [1.82, 2.24) is 20.3 Å². The van der Waals surface area contributed by atoms with Gasteiger partial charge >= 0.3 is 6.18 Å². The maximum absolute atomic E-state index is 12.9. The van der Waals surface area contributed by atoms with Crippen LogP contribution in [0.4, 0.5) is 23.9 Å². The number of imide groups is 1. The van der Waals surface area contributed by atoms with Crippen LogP contribution < -0.4 is 10.2 Å². The van der Waals surface area contributed by atoms with Gasteiger partial charge < -0.3 is 4.90 Å². The van der Waals surface area contributed by atoms with Crippen molar-refractivity contribution in [2.24, 2.45) is 5.92 Å². The minimum Gasteiger partial charge on any atom is -0.341 e. The van der Waals surface area contributed by atoms with E-state index in [1.165, 1.54) is 6.07 Å². The van der Waals surface area contributed by atoms with E-state index in [0.717, 1.165) is 79.9 Å². The Labute approximate surface area is 225 Å². The number of nitrogens with one attached hydrogen (secondary N) is 1. The number of halogens is 3. The molecule has 0 spiro atoms. The number of thiophene rings is 1. The van der Waals surface area contributed by atoms with Crippen molar-refractivity contribution in [3.05, 3.63) is 63.8 Å². The Hall–Kier alpha value is -3.25. The average molecular weight is 560 g/mol. The lowest BCUT2D eigenvalue weighted by molar-refractivity contribution is -0.134. The van der Waals surface area contributed by atoms with Crippen molar-refractivity contribution in [3.8, 4) is 10.6 Å². The van der Waals surface area contributed by atoms with Crippen LogP contribution in [0.3, 0.4) is 0 Å². The zero-order chi connectivity index (χ0) is 26.7. The summed E-state index contributed by atoms with van der Waals surface area (Å²) in [6, 6.07) is 8.10. The van der Waals surface area contributed by atoms with Crippen LogP contribution in [0.25, 0.3) is 16.6 Å². The summed E-state index contributed by atoms with van der Waals surface area (Å²) in [4.78, 5) is 38.7. The van der Waals surface area contributed by atoms with Crippen LogP contribution in [0, 0.1) is 5.92 Å². The number of aryl methyl sites for hydroxylation is 1. The fourth-order valence-corrected chi connectivity index (χ4v) is 6.07. The first kappa shape index (κ1) is 26.4. The summed E-state index contributed by atoms with van der Waals surface area (Å²) in [5.74, 6) is 0.777. The molecule has 1 N–H and O–H groups in total. The molecule has 12 heteroatoms. The van der Waals surface area contributed by atoms with Crippen molar-refractivity contribution >= 4 is 46.3 Å². The summed E-state index contributed by atoms with van der Waals surface area (Å²) in [5, 5.41) is 1.85. The molecule has 7 nitrogen and oxygen atoms in total. The molecule has 2 aliphatic heterocycles. The van der Waals surface area contributed by atoms with Crippen LogP contribution >= 0.6 is 23.1 Å². The van der Waals surface area contributed by atoms with Crippen LogP contribution in [-0.4, -0.2) is 39.2 Å². The fraction of sp³-hybridized carbons (Fsp3) is 0.346. The van der Waals surface area contributed by atoms with Gasteiger partial charge in [0.05, 0.1) is 21.2 Å². The van der Waals surface area contributed by atoms with Gasteiger partial charge in [-0.15, -0.1) is 11.3 Å². The summed E-state index contributed by atoms with van der Waals surface area (Å²) >= 11 is 1.58. The molecule has 0 atom stereocenters. The highest BCUT2D eigenvalue weighted by Crippen LogP contribution is 2.38. The summed E-state index contributed by atoms with van der Waals surface area (Å²) in [5.41, 5.74) is 2.23. The maximum atomic E-state index is 12.9. The van der Waals surface area contributed by atoms with Gasteiger partial charge in [0, 0.05) is 25.5 Å². The van der Waals surface area contributed by atoms with E-state index in [1.807, 2.05) is 12.1 Å². The number of aromatic nitrogens is 3. The van der Waals surface area contributed by atoms with Crippen molar-refractivity contribution < 1.29 is 22.8 Å². The Morgan fingerprint density at radius 3 is 2.58 bits per heavy atom. The van der Waals surface area contributed by atoms with Crippen molar-refractivity contribution in [3.63, 3.8) is 0 Å². The molecule has 0 aromatic carbocycles. The highest BCUT2D eigenvalue weighted by Gasteiger charge is 2.32. The number of thioether (sulfide) groups is 1. The number of carbonyl (C=O) groups excluding carboxylic acids is 2. The Balaban J connectivity index is 1.11. The third-order valence-electron chi connectivity index (χ3n) is 6.52. The van der Waals surface area contributed by atoms with Gasteiger partial charge in [0.15, 0.2) is 0 Å². The van der Waals surface area contributed by atoms with E-state index in [2.05, 4.69) is 25.2 Å². The van der Waals surface area contributed by atoms with E-state index < -0.39 is 17.0 Å². The van der Waals surface area contributed by atoms with Gasteiger partial charge in [-0.3, -0.25) is 19.9 Å². The Kier molecular flexibility index (Phi) is 7.80. The lowest BCUT2D eigenvalue weighted by Crippen LogP contribution is -2.35. The first-order valence-electron chi connectivity index (χ1n) is 12.2. The second kappa shape index (κ2) is 11.2. The lowest BCUT2D eigenvalue weighted by atomic mass is 9.91. The molecule has 3 aromatic rings. The number of nitrogens with zero attached hydrogens (tertiary/aromatic N) is 4. The molecule has 0 radical (unpaired) electrons. The summed E-state index contributed by atoms with van der Waals surface area (Å²) in [6.45, 7) is 1.66. The fourth-order valence-electron chi connectivity index (χ4n) is 4.56. The second-order valence-corrected chi connectivity index (χ2v) is 11.3. The minimum absolute atomic E-state index is 0.320. The number of amides is 2. The number of piperidine rings is 1. The van der Waals surface area contributed by atoms with Crippen LogP contribution in [-0.2, 0) is 17.4 Å². The van der Waals surface area contributed by atoms with Gasteiger partial charge in [-0.2, -0.15) is 13.2 Å². The van der Waals surface area contributed by atoms with Crippen molar-refractivity contribution in [2.75, 3.05) is 18.0 Å². The van der Waals surface area contributed by atoms with Crippen molar-refractivity contribution in [1.29, 1.82) is 0 Å². The van der Waals surface area contributed by atoms with Crippen LogP contribution in [0.5, 0.6) is 0 Å². The monoisotopic (exact) mass is 559 g/mol. The van der Waals surface area contributed by atoms with Gasteiger partial charge in [0.25, 0.3) is 11.1 Å². The van der Waals surface area contributed by atoms with E-state index in [1.54, 1.807) is 24.5 Å². The van der Waals surface area contributed by atoms with E-state index in [0.29, 0.717) is 33.0 Å². The molecule has 0 aliphatic carbocycles. The third kappa shape index (κ3) is 6.41. The molecule has 0 saturated carbocycles. The molecule has 38 heavy (non-hydrogen) atoms. The molecule has 2 fully saturated rings. The van der Waals surface area contributed by atoms with Crippen LogP contribution in [0.1, 0.15) is 41.8 Å². The Morgan fingerprint density at radius 2 is 1.87 bits per heavy atom. The number of pyridine rings is 1. The number of hydrogen-bond acceptors (Lipinski definition) is 8. The van der Waals surface area contributed by atoms with Gasteiger partial charge in [-0.1, -0.05) is 0 Å². The minimum atomic E-state index is -4.34. The normalized spacial score (nSPS) is 17.9. The first-order chi connectivity index (χ1) is 18.2. The van der Waals surface area contributed by atoms with Crippen LogP contribution in [0.15, 0.2) is 47.6 Å². The molecule has 0 unspecified atom stereocenters. The molecule has 198 valence electrons. The topological polar surface area (TPSA) is 88.1 Å². The molecule has 5 rings (SSSR count). The SMILES string of the molecule is O=C1NC(=O)/C(=C/c2ccnc(N3CCC(CCCc4ccnc(-c5ccc(C(F)(F)F)s5)c4)CC3)n2)S1. The van der Waals surface area contributed by atoms with Gasteiger partial charge in [0.2, 0.25) is 5.95 Å².